The monoisotopic (exact) mass is 433 g/mol. The van der Waals surface area contributed by atoms with E-state index in [9.17, 15) is 9.59 Å². The van der Waals surface area contributed by atoms with Gasteiger partial charge < -0.3 is 14.8 Å². The Bertz CT molecular complexity index is 789. The van der Waals surface area contributed by atoms with Gasteiger partial charge in [0.15, 0.2) is 6.61 Å². The first-order valence-electron chi connectivity index (χ1n) is 8.93. The molecule has 0 aliphatic heterocycles. The van der Waals surface area contributed by atoms with E-state index in [-0.39, 0.29) is 18.5 Å². The van der Waals surface area contributed by atoms with Crippen LogP contribution in [-0.2, 0) is 9.53 Å². The van der Waals surface area contributed by atoms with E-state index >= 15 is 0 Å². The van der Waals surface area contributed by atoms with Gasteiger partial charge in [-0.05, 0) is 77.2 Å². The lowest BCUT2D eigenvalue weighted by Crippen LogP contribution is -2.20. The van der Waals surface area contributed by atoms with Gasteiger partial charge >= 0.3 is 5.97 Å². The van der Waals surface area contributed by atoms with Crippen LogP contribution in [0.2, 0.25) is 0 Å². The number of carbonyl (C=O) groups excluding carboxylic acids is 2. The quantitative estimate of drug-likeness (QED) is 0.584. The third kappa shape index (κ3) is 6.10. The summed E-state index contributed by atoms with van der Waals surface area (Å²) in [6.45, 7) is 6.28. The van der Waals surface area contributed by atoms with Crippen LogP contribution in [0.25, 0.3) is 0 Å². The lowest BCUT2D eigenvalue weighted by atomic mass is 9.99. The third-order valence-corrected chi connectivity index (χ3v) is 4.80. The van der Waals surface area contributed by atoms with Crippen LogP contribution in [0.5, 0.6) is 5.75 Å². The van der Waals surface area contributed by atoms with Crippen LogP contribution in [-0.4, -0.2) is 25.1 Å². The average molecular weight is 434 g/mol. The van der Waals surface area contributed by atoms with Crippen molar-refractivity contribution in [1.82, 2.24) is 0 Å². The van der Waals surface area contributed by atoms with Gasteiger partial charge in [-0.2, -0.15) is 0 Å². The first kappa shape index (κ1) is 21.0. The molecule has 2 rings (SSSR count). The number of nitrogens with one attached hydrogen (secondary N) is 1. The van der Waals surface area contributed by atoms with Gasteiger partial charge in [0.05, 0.1) is 16.6 Å². The second-order valence-corrected chi connectivity index (χ2v) is 6.99. The van der Waals surface area contributed by atoms with Gasteiger partial charge in [0.2, 0.25) is 0 Å². The van der Waals surface area contributed by atoms with E-state index in [1.54, 1.807) is 31.2 Å². The van der Waals surface area contributed by atoms with Crippen molar-refractivity contribution >= 4 is 33.5 Å². The highest BCUT2D eigenvalue weighted by Gasteiger charge is 2.10. The lowest BCUT2D eigenvalue weighted by molar-refractivity contribution is -0.118. The third-order valence-electron chi connectivity index (χ3n) is 4.18. The van der Waals surface area contributed by atoms with Gasteiger partial charge in [-0.1, -0.05) is 19.9 Å². The molecular formula is C21H24BrNO4. The highest BCUT2D eigenvalue weighted by Crippen LogP contribution is 2.30. The molecule has 27 heavy (non-hydrogen) atoms. The molecule has 1 unspecified atom stereocenters. The molecule has 0 aliphatic carbocycles. The molecule has 6 heteroatoms. The molecule has 1 amide bonds. The van der Waals surface area contributed by atoms with Crippen molar-refractivity contribution in [3.8, 4) is 5.75 Å². The van der Waals surface area contributed by atoms with Gasteiger partial charge in [-0.15, -0.1) is 0 Å². The summed E-state index contributed by atoms with van der Waals surface area (Å²) >= 11 is 3.50. The predicted octanol–water partition coefficient (Wildman–Crippen LogP) is 5.16. The number of hydrogen-bond donors (Lipinski definition) is 1. The molecule has 5 nitrogen and oxygen atoms in total. The second-order valence-electron chi connectivity index (χ2n) is 6.13. The summed E-state index contributed by atoms with van der Waals surface area (Å²) in [5.41, 5.74) is 2.25. The van der Waals surface area contributed by atoms with E-state index < -0.39 is 0 Å². The molecule has 0 radical (unpaired) electrons. The van der Waals surface area contributed by atoms with E-state index in [0.717, 1.165) is 10.9 Å². The molecule has 1 atom stereocenters. The molecule has 1 N–H and O–H groups in total. The summed E-state index contributed by atoms with van der Waals surface area (Å²) < 4.78 is 11.4. The normalized spacial score (nSPS) is 11.6. The summed E-state index contributed by atoms with van der Waals surface area (Å²) in [6.07, 6.45) is 1.06. The molecule has 0 fully saturated rings. The number of esters is 1. The number of hydrogen-bond acceptors (Lipinski definition) is 4. The van der Waals surface area contributed by atoms with Crippen molar-refractivity contribution in [2.45, 2.75) is 33.1 Å². The van der Waals surface area contributed by atoms with Crippen LogP contribution in [0.15, 0.2) is 46.9 Å². The fourth-order valence-corrected chi connectivity index (χ4v) is 2.93. The summed E-state index contributed by atoms with van der Waals surface area (Å²) in [4.78, 5) is 23.7. The first-order chi connectivity index (χ1) is 12.9. The minimum absolute atomic E-state index is 0.110. The molecule has 0 heterocycles. The Kier molecular flexibility index (Phi) is 7.85. The molecule has 0 spiro atoms. The van der Waals surface area contributed by atoms with Crippen LogP contribution in [0.3, 0.4) is 0 Å². The Morgan fingerprint density at radius 2 is 1.81 bits per heavy atom. The minimum Gasteiger partial charge on any atom is -0.483 e. The number of amides is 1. The maximum Gasteiger partial charge on any atom is 0.338 e. The van der Waals surface area contributed by atoms with E-state index in [1.807, 2.05) is 18.2 Å². The first-order valence-corrected chi connectivity index (χ1v) is 9.73. The molecule has 0 saturated heterocycles. The molecule has 0 bridgehead atoms. The van der Waals surface area contributed by atoms with E-state index in [4.69, 9.17) is 9.47 Å². The zero-order valence-corrected chi connectivity index (χ0v) is 17.3. The maximum atomic E-state index is 12.1. The Hall–Kier alpha value is -2.34. The van der Waals surface area contributed by atoms with Crippen molar-refractivity contribution in [1.29, 1.82) is 0 Å². The number of anilines is 1. The molecule has 0 saturated carbocycles. The smallest absolute Gasteiger partial charge is 0.338 e. The van der Waals surface area contributed by atoms with Crippen molar-refractivity contribution in [3.05, 3.63) is 58.1 Å². The zero-order valence-electron chi connectivity index (χ0n) is 15.8. The fraction of sp³-hybridized carbons (Fsp3) is 0.333. The zero-order chi connectivity index (χ0) is 19.8. The van der Waals surface area contributed by atoms with Gasteiger partial charge in [-0.3, -0.25) is 4.79 Å². The van der Waals surface area contributed by atoms with Crippen LogP contribution in [0.1, 0.15) is 49.0 Å². The number of halogens is 1. The summed E-state index contributed by atoms with van der Waals surface area (Å²) in [7, 11) is 0. The van der Waals surface area contributed by atoms with E-state index in [1.165, 1.54) is 5.56 Å². The predicted molar refractivity (Wildman–Crippen MR) is 109 cm³/mol. The van der Waals surface area contributed by atoms with Crippen molar-refractivity contribution in [2.75, 3.05) is 18.5 Å². The van der Waals surface area contributed by atoms with Crippen LogP contribution < -0.4 is 10.1 Å². The van der Waals surface area contributed by atoms with E-state index in [2.05, 4.69) is 35.1 Å². The lowest BCUT2D eigenvalue weighted by Gasteiger charge is -2.13. The highest BCUT2D eigenvalue weighted by atomic mass is 79.9. The number of ether oxygens (including phenoxy) is 2. The van der Waals surface area contributed by atoms with Crippen LogP contribution in [0, 0.1) is 0 Å². The van der Waals surface area contributed by atoms with Crippen LogP contribution >= 0.6 is 15.9 Å². The summed E-state index contributed by atoms with van der Waals surface area (Å²) in [6, 6.07) is 12.4. The molecule has 0 aliphatic rings. The Balaban J connectivity index is 1.90. The number of rotatable bonds is 8. The van der Waals surface area contributed by atoms with Gasteiger partial charge in [0.25, 0.3) is 5.91 Å². The molecule has 144 valence electrons. The number of benzene rings is 2. The number of carbonyl (C=O) groups is 2. The van der Waals surface area contributed by atoms with Gasteiger partial charge in [-0.25, -0.2) is 4.79 Å². The Morgan fingerprint density at radius 1 is 1.11 bits per heavy atom. The molecule has 2 aromatic carbocycles. The fourth-order valence-electron chi connectivity index (χ4n) is 2.42. The minimum atomic E-state index is -0.385. The molecule has 0 aromatic heterocycles. The standard InChI is InChI=1S/C21H24BrNO4/c1-4-14(3)16-8-11-19(18(22)12-16)27-13-20(24)23-17-9-6-15(7-10-17)21(25)26-5-2/h6-12,14H,4-5,13H2,1-3H3,(H,23,24). The van der Waals surface area contributed by atoms with Gasteiger partial charge in [0.1, 0.15) is 5.75 Å². The largest absolute Gasteiger partial charge is 0.483 e. The molecular weight excluding hydrogens is 410 g/mol. The topological polar surface area (TPSA) is 64.6 Å². The van der Waals surface area contributed by atoms with Gasteiger partial charge in [0, 0.05) is 5.69 Å². The van der Waals surface area contributed by atoms with Crippen LogP contribution in [0.4, 0.5) is 5.69 Å². The van der Waals surface area contributed by atoms with Crippen molar-refractivity contribution < 1.29 is 19.1 Å². The average Bonchev–Trinajstić information content (AvgIpc) is 2.67. The van der Waals surface area contributed by atoms with Crippen molar-refractivity contribution in [3.63, 3.8) is 0 Å². The summed E-state index contributed by atoms with van der Waals surface area (Å²) in [5, 5.41) is 2.74. The second kappa shape index (κ2) is 10.1. The highest BCUT2D eigenvalue weighted by molar-refractivity contribution is 9.10. The van der Waals surface area contributed by atoms with Crippen molar-refractivity contribution in [2.24, 2.45) is 0 Å². The summed E-state index contributed by atoms with van der Waals surface area (Å²) in [5.74, 6) is 0.423. The molecule has 2 aromatic rings. The Labute approximate surface area is 168 Å². The SMILES string of the molecule is CCOC(=O)c1ccc(NC(=O)COc2ccc(C(C)CC)cc2Br)cc1. The van der Waals surface area contributed by atoms with E-state index in [0.29, 0.717) is 29.5 Å². The Morgan fingerprint density at radius 3 is 2.41 bits per heavy atom. The maximum absolute atomic E-state index is 12.1.